The van der Waals surface area contributed by atoms with Crippen LogP contribution in [0.2, 0.25) is 5.02 Å². The summed E-state index contributed by atoms with van der Waals surface area (Å²) in [4.78, 5) is 29.4. The van der Waals surface area contributed by atoms with Crippen molar-refractivity contribution in [3.63, 3.8) is 0 Å². The molecule has 1 fully saturated rings. The number of fused-ring (bicyclic) bond motifs is 1. The molecule has 1 saturated carbocycles. The lowest BCUT2D eigenvalue weighted by Gasteiger charge is -2.45. The molecule has 5 rings (SSSR count). The van der Waals surface area contributed by atoms with Gasteiger partial charge in [0.05, 0.1) is 18.5 Å². The smallest absolute Gasteiger partial charge is 0.271 e. The van der Waals surface area contributed by atoms with Crippen LogP contribution in [0.15, 0.2) is 59.2 Å². The Morgan fingerprint density at radius 3 is 2.44 bits per heavy atom. The Kier molecular flexibility index (Phi) is 6.26. The number of benzene rings is 1. The Hall–Kier alpha value is -2.99. The molecule has 3 heterocycles. The molecule has 7 heteroatoms. The van der Waals surface area contributed by atoms with Crippen molar-refractivity contribution in [2.75, 3.05) is 0 Å². The molecule has 1 aliphatic carbocycles. The van der Waals surface area contributed by atoms with E-state index in [1.54, 1.807) is 11.2 Å². The number of amides is 2. The highest BCUT2D eigenvalue weighted by molar-refractivity contribution is 6.30. The maximum atomic E-state index is 13.9. The number of aromatic nitrogens is 1. The zero-order valence-corrected chi connectivity index (χ0v) is 20.2. The van der Waals surface area contributed by atoms with Crippen molar-refractivity contribution in [3.8, 4) is 11.5 Å². The van der Waals surface area contributed by atoms with Crippen LogP contribution in [0.1, 0.15) is 61.5 Å². The number of furan rings is 1. The molecule has 0 bridgehead atoms. The lowest BCUT2D eigenvalue weighted by Crippen LogP contribution is -2.64. The van der Waals surface area contributed by atoms with Crippen molar-refractivity contribution in [3.05, 3.63) is 71.1 Å². The van der Waals surface area contributed by atoms with Crippen LogP contribution in [0.25, 0.3) is 11.5 Å². The number of carbonyl (C=O) groups excluding carboxylic acids is 2. The van der Waals surface area contributed by atoms with Gasteiger partial charge in [0, 0.05) is 17.6 Å². The van der Waals surface area contributed by atoms with E-state index >= 15 is 0 Å². The van der Waals surface area contributed by atoms with Crippen molar-refractivity contribution in [2.24, 2.45) is 0 Å². The van der Waals surface area contributed by atoms with Crippen LogP contribution < -0.4 is 5.32 Å². The van der Waals surface area contributed by atoms with Crippen LogP contribution in [-0.4, -0.2) is 32.9 Å². The van der Waals surface area contributed by atoms with Crippen molar-refractivity contribution in [1.29, 1.82) is 0 Å². The summed E-state index contributed by atoms with van der Waals surface area (Å²) in [5.41, 5.74) is 1.22. The molecule has 2 aromatic heterocycles. The quantitative estimate of drug-likeness (QED) is 0.480. The third-order valence-electron chi connectivity index (χ3n) is 7.21. The summed E-state index contributed by atoms with van der Waals surface area (Å²) < 4.78 is 7.54. The topological polar surface area (TPSA) is 67.5 Å². The minimum absolute atomic E-state index is 0.105. The van der Waals surface area contributed by atoms with E-state index in [0.717, 1.165) is 36.9 Å². The number of nitrogens with one attached hydrogen (secondary N) is 1. The molecule has 3 aromatic rings. The van der Waals surface area contributed by atoms with E-state index in [4.69, 9.17) is 16.0 Å². The van der Waals surface area contributed by atoms with E-state index in [2.05, 4.69) is 5.32 Å². The van der Waals surface area contributed by atoms with E-state index in [0.29, 0.717) is 29.6 Å². The van der Waals surface area contributed by atoms with Gasteiger partial charge in [-0.2, -0.15) is 0 Å². The number of rotatable bonds is 5. The molecule has 2 amide bonds. The van der Waals surface area contributed by atoms with Gasteiger partial charge in [-0.25, -0.2) is 0 Å². The molecule has 2 aliphatic rings. The van der Waals surface area contributed by atoms with Gasteiger partial charge in [0.25, 0.3) is 5.91 Å². The number of hydrogen-bond acceptors (Lipinski definition) is 3. The van der Waals surface area contributed by atoms with E-state index in [1.807, 2.05) is 60.0 Å². The van der Waals surface area contributed by atoms with Gasteiger partial charge in [-0.15, -0.1) is 0 Å². The Balaban J connectivity index is 1.51. The number of halogens is 1. The highest BCUT2D eigenvalue weighted by atomic mass is 35.5. The predicted molar refractivity (Wildman–Crippen MR) is 131 cm³/mol. The number of carbonyl (C=O) groups is 2. The third-order valence-corrected chi connectivity index (χ3v) is 7.47. The lowest BCUT2D eigenvalue weighted by atomic mass is 9.92. The molecule has 1 aliphatic heterocycles. The summed E-state index contributed by atoms with van der Waals surface area (Å²) in [6, 6.07) is 15.0. The fourth-order valence-electron chi connectivity index (χ4n) is 5.20. The molecule has 6 nitrogen and oxygen atoms in total. The Bertz CT molecular complexity index is 1160. The maximum Gasteiger partial charge on any atom is 0.271 e. The van der Waals surface area contributed by atoms with Crippen LogP contribution >= 0.6 is 11.6 Å². The van der Waals surface area contributed by atoms with E-state index < -0.39 is 5.54 Å². The van der Waals surface area contributed by atoms with Gasteiger partial charge in [0.15, 0.2) is 0 Å². The first-order valence-electron chi connectivity index (χ1n) is 12.1. The lowest BCUT2D eigenvalue weighted by molar-refractivity contribution is -0.134. The normalized spacial score (nSPS) is 21.2. The Morgan fingerprint density at radius 1 is 1.06 bits per heavy atom. The van der Waals surface area contributed by atoms with Gasteiger partial charge in [0.2, 0.25) is 5.91 Å². The molecule has 1 aromatic carbocycles. The fraction of sp³-hybridized carbons (Fsp3) is 0.407. The third kappa shape index (κ3) is 4.27. The monoisotopic (exact) mass is 479 g/mol. The molecular weight excluding hydrogens is 450 g/mol. The Labute approximate surface area is 204 Å². The second kappa shape index (κ2) is 9.34. The standard InChI is InChI=1S/C27H30ClN3O3/c1-27(26(33)29-21-7-4-2-3-5-8-21)18-30-22(24-9-6-16-34-24)14-15-23(30)25(32)31(27)17-19-10-12-20(28)13-11-19/h6,9-16,21H,2-5,7-8,17-18H2,1H3,(H,29,33)/t27-/m0/s1. The molecule has 178 valence electrons. The minimum atomic E-state index is -1.06. The molecule has 0 saturated heterocycles. The van der Waals surface area contributed by atoms with E-state index in [9.17, 15) is 9.59 Å². The summed E-state index contributed by atoms with van der Waals surface area (Å²) >= 11 is 6.07. The average Bonchev–Trinajstić information content (AvgIpc) is 3.43. The van der Waals surface area contributed by atoms with Gasteiger partial charge in [-0.05, 0) is 61.7 Å². The highest BCUT2D eigenvalue weighted by Crippen LogP contribution is 2.35. The van der Waals surface area contributed by atoms with Gasteiger partial charge in [0.1, 0.15) is 17.0 Å². The summed E-state index contributed by atoms with van der Waals surface area (Å²) in [7, 11) is 0. The first-order valence-corrected chi connectivity index (χ1v) is 12.4. The second-order valence-corrected chi connectivity index (χ2v) is 10.1. The summed E-state index contributed by atoms with van der Waals surface area (Å²) in [6.45, 7) is 2.55. The van der Waals surface area contributed by atoms with Crippen molar-refractivity contribution in [2.45, 2.75) is 70.1 Å². The van der Waals surface area contributed by atoms with Crippen molar-refractivity contribution < 1.29 is 14.0 Å². The van der Waals surface area contributed by atoms with Crippen LogP contribution in [0.4, 0.5) is 0 Å². The number of hydrogen-bond donors (Lipinski definition) is 1. The van der Waals surface area contributed by atoms with Crippen LogP contribution in [-0.2, 0) is 17.9 Å². The summed E-state index contributed by atoms with van der Waals surface area (Å²) in [6.07, 6.45) is 8.26. The van der Waals surface area contributed by atoms with Gasteiger partial charge >= 0.3 is 0 Å². The highest BCUT2D eigenvalue weighted by Gasteiger charge is 2.48. The molecular formula is C27H30ClN3O3. The number of nitrogens with zero attached hydrogens (tertiary/aromatic N) is 2. The SMILES string of the molecule is C[C@@]1(C(=O)NC2CCCCCC2)Cn2c(ccc2-c2ccco2)C(=O)N1Cc1ccc(Cl)cc1. The zero-order valence-electron chi connectivity index (χ0n) is 19.4. The molecule has 0 spiro atoms. The van der Waals surface area contributed by atoms with Crippen LogP contribution in [0, 0.1) is 0 Å². The van der Waals surface area contributed by atoms with E-state index in [-0.39, 0.29) is 17.9 Å². The van der Waals surface area contributed by atoms with Gasteiger partial charge in [-0.3, -0.25) is 9.59 Å². The molecule has 1 atom stereocenters. The average molecular weight is 480 g/mol. The zero-order chi connectivity index (χ0) is 23.7. The largest absolute Gasteiger partial charge is 0.463 e. The predicted octanol–water partition coefficient (Wildman–Crippen LogP) is 5.66. The minimum Gasteiger partial charge on any atom is -0.463 e. The van der Waals surface area contributed by atoms with Crippen molar-refractivity contribution >= 4 is 23.4 Å². The van der Waals surface area contributed by atoms with Crippen LogP contribution in [0.5, 0.6) is 0 Å². The van der Waals surface area contributed by atoms with Crippen LogP contribution in [0.3, 0.4) is 0 Å². The van der Waals surface area contributed by atoms with Gasteiger partial charge < -0.3 is 19.2 Å². The molecule has 34 heavy (non-hydrogen) atoms. The molecule has 0 radical (unpaired) electrons. The fourth-order valence-corrected chi connectivity index (χ4v) is 5.32. The first-order chi connectivity index (χ1) is 16.5. The van der Waals surface area contributed by atoms with E-state index in [1.165, 1.54) is 12.8 Å². The summed E-state index contributed by atoms with van der Waals surface area (Å²) in [5.74, 6) is 0.403. The second-order valence-electron chi connectivity index (χ2n) is 9.62. The van der Waals surface area contributed by atoms with Gasteiger partial charge in [-0.1, -0.05) is 49.4 Å². The molecule has 1 N–H and O–H groups in total. The molecule has 0 unspecified atom stereocenters. The first kappa shape index (κ1) is 22.8. The summed E-state index contributed by atoms with van der Waals surface area (Å²) in [5, 5.41) is 3.94. The van der Waals surface area contributed by atoms with Crippen molar-refractivity contribution in [1.82, 2.24) is 14.8 Å². The maximum absolute atomic E-state index is 13.9. The Morgan fingerprint density at radius 2 is 1.76 bits per heavy atom.